The lowest BCUT2D eigenvalue weighted by atomic mass is 9.77. The first-order valence-electron chi connectivity index (χ1n) is 6.35. The molecule has 0 radical (unpaired) electrons. The van der Waals surface area contributed by atoms with Crippen molar-refractivity contribution < 1.29 is 0 Å². The molecule has 0 fully saturated rings. The minimum atomic E-state index is 0.366. The molecular weight excluding hydrogens is 216 g/mol. The number of fused-ring (bicyclic) bond motifs is 1. The predicted molar refractivity (Wildman–Crippen MR) is 69.7 cm³/mol. The Morgan fingerprint density at radius 1 is 1.38 bits per heavy atom. The van der Waals surface area contributed by atoms with Crippen LogP contribution in [0.4, 0.5) is 0 Å². The lowest BCUT2D eigenvalue weighted by Crippen LogP contribution is -2.32. The highest BCUT2D eigenvalue weighted by Crippen LogP contribution is 2.48. The zero-order chi connectivity index (χ0) is 11.8. The Balaban J connectivity index is 2.33. The Hall–Kier alpha value is -0.410. The largest absolute Gasteiger partial charge is 0.300 e. The lowest BCUT2D eigenvalue weighted by molar-refractivity contribution is 0.200. The van der Waals surface area contributed by atoms with E-state index in [0.29, 0.717) is 17.5 Å². The second-order valence-electron chi connectivity index (χ2n) is 5.02. The Bertz CT molecular complexity index is 355. The maximum absolute atomic E-state index is 4.54. The van der Waals surface area contributed by atoms with Crippen LogP contribution in [0, 0.1) is 5.41 Å². The second kappa shape index (κ2) is 4.46. The Kier molecular flexibility index (Phi) is 3.36. The Morgan fingerprint density at radius 2 is 2.06 bits per heavy atom. The third kappa shape index (κ3) is 1.70. The van der Waals surface area contributed by atoms with E-state index in [2.05, 4.69) is 38.0 Å². The summed E-state index contributed by atoms with van der Waals surface area (Å²) in [6, 6.07) is 0.985. The summed E-state index contributed by atoms with van der Waals surface area (Å²) >= 11 is 1.82. The summed E-state index contributed by atoms with van der Waals surface area (Å²) in [5.74, 6) is 0. The summed E-state index contributed by atoms with van der Waals surface area (Å²) in [4.78, 5) is 6.02. The molecule has 2 rings (SSSR count). The first-order valence-corrected chi connectivity index (χ1v) is 7.23. The van der Waals surface area contributed by atoms with Gasteiger partial charge in [-0.3, -0.25) is 0 Å². The number of hydrogen-bond donors (Lipinski definition) is 1. The normalized spacial score (nSPS) is 24.8. The van der Waals surface area contributed by atoms with Crippen molar-refractivity contribution >= 4 is 11.3 Å². The third-order valence-corrected chi connectivity index (χ3v) is 5.21. The Labute approximate surface area is 102 Å². The fraction of sp³-hybridized carbons (Fsp3) is 0.769. The maximum atomic E-state index is 4.54. The second-order valence-corrected chi connectivity index (χ2v) is 5.91. The van der Waals surface area contributed by atoms with Crippen molar-refractivity contribution in [3.05, 3.63) is 16.1 Å². The van der Waals surface area contributed by atoms with Gasteiger partial charge < -0.3 is 5.32 Å². The van der Waals surface area contributed by atoms with Crippen molar-refractivity contribution in [2.24, 2.45) is 5.41 Å². The van der Waals surface area contributed by atoms with Crippen LogP contribution in [0.3, 0.4) is 0 Å². The highest BCUT2D eigenvalue weighted by atomic mass is 32.1. The van der Waals surface area contributed by atoms with Gasteiger partial charge in [0.1, 0.15) is 0 Å². The van der Waals surface area contributed by atoms with Crippen molar-refractivity contribution in [2.75, 3.05) is 0 Å². The number of thiazole rings is 1. The third-order valence-electron chi connectivity index (χ3n) is 4.30. The van der Waals surface area contributed by atoms with E-state index in [1.807, 2.05) is 16.8 Å². The van der Waals surface area contributed by atoms with Gasteiger partial charge in [0.2, 0.25) is 0 Å². The minimum Gasteiger partial charge on any atom is -0.300 e. The molecule has 0 saturated carbocycles. The van der Waals surface area contributed by atoms with Crippen molar-refractivity contribution in [2.45, 2.75) is 59.0 Å². The topological polar surface area (TPSA) is 24.9 Å². The molecule has 0 amide bonds. The number of aromatic nitrogens is 1. The molecule has 0 aromatic carbocycles. The molecule has 3 heteroatoms. The monoisotopic (exact) mass is 238 g/mol. The predicted octanol–water partition coefficient (Wildman–Crippen LogP) is 4.06. The molecule has 2 nitrogen and oxygen atoms in total. The molecule has 0 aliphatic carbocycles. The number of nitrogens with zero attached hydrogens (tertiary/aromatic N) is 1. The van der Waals surface area contributed by atoms with Gasteiger partial charge in [0.25, 0.3) is 0 Å². The van der Waals surface area contributed by atoms with Gasteiger partial charge in [-0.1, -0.05) is 27.7 Å². The van der Waals surface area contributed by atoms with Crippen molar-refractivity contribution in [3.63, 3.8) is 0 Å². The summed E-state index contributed by atoms with van der Waals surface area (Å²) in [7, 11) is 0. The van der Waals surface area contributed by atoms with Gasteiger partial charge in [-0.15, -0.1) is 11.3 Å². The highest BCUT2D eigenvalue weighted by Gasteiger charge is 2.41. The molecule has 0 spiro atoms. The van der Waals surface area contributed by atoms with Gasteiger partial charge in [0.05, 0.1) is 17.2 Å². The van der Waals surface area contributed by atoms with Crippen molar-refractivity contribution in [3.8, 4) is 0 Å². The van der Waals surface area contributed by atoms with Gasteiger partial charge in [-0.05, 0) is 24.7 Å². The fourth-order valence-electron chi connectivity index (χ4n) is 2.58. The van der Waals surface area contributed by atoms with E-state index in [9.17, 15) is 0 Å². The highest BCUT2D eigenvalue weighted by molar-refractivity contribution is 7.09. The quantitative estimate of drug-likeness (QED) is 0.855. The van der Waals surface area contributed by atoms with E-state index in [1.54, 1.807) is 0 Å². The summed E-state index contributed by atoms with van der Waals surface area (Å²) in [5, 5.41) is 3.78. The van der Waals surface area contributed by atoms with Crippen molar-refractivity contribution in [1.82, 2.24) is 10.3 Å². The number of nitrogens with one attached hydrogen (secondary N) is 1. The van der Waals surface area contributed by atoms with E-state index in [-0.39, 0.29) is 0 Å². The van der Waals surface area contributed by atoms with Gasteiger partial charge in [-0.25, -0.2) is 4.98 Å². The van der Waals surface area contributed by atoms with E-state index in [4.69, 9.17) is 0 Å². The van der Waals surface area contributed by atoms with Gasteiger partial charge in [0.15, 0.2) is 0 Å². The molecule has 1 aliphatic rings. The standard InChI is InChI=1S/C13H22N2S/c1-5-9-10-11(16-8-14-10)12(15-9)13(4,6-2)7-3/h8-9,12,15H,5-7H2,1-4H3. The van der Waals surface area contributed by atoms with Gasteiger partial charge >= 0.3 is 0 Å². The van der Waals surface area contributed by atoms with Crippen LogP contribution in [0.5, 0.6) is 0 Å². The minimum absolute atomic E-state index is 0.366. The maximum Gasteiger partial charge on any atom is 0.0799 e. The molecule has 90 valence electrons. The molecular formula is C13H22N2S. The van der Waals surface area contributed by atoms with Crippen molar-refractivity contribution in [1.29, 1.82) is 0 Å². The van der Waals surface area contributed by atoms with Crippen LogP contribution in [0.15, 0.2) is 5.51 Å². The first-order chi connectivity index (χ1) is 7.66. The summed E-state index contributed by atoms with van der Waals surface area (Å²) < 4.78 is 0. The van der Waals surface area contributed by atoms with E-state index >= 15 is 0 Å². The van der Waals surface area contributed by atoms with Crippen LogP contribution in [0.25, 0.3) is 0 Å². The fourth-order valence-corrected chi connectivity index (χ4v) is 3.67. The number of rotatable bonds is 4. The molecule has 0 saturated heterocycles. The lowest BCUT2D eigenvalue weighted by Gasteiger charge is -2.34. The molecule has 1 aromatic rings. The molecule has 1 aromatic heterocycles. The van der Waals surface area contributed by atoms with E-state index in [0.717, 1.165) is 6.42 Å². The molecule has 2 unspecified atom stereocenters. The van der Waals surface area contributed by atoms with Gasteiger partial charge in [0, 0.05) is 10.9 Å². The van der Waals surface area contributed by atoms with E-state index in [1.165, 1.54) is 23.4 Å². The average Bonchev–Trinajstić information content (AvgIpc) is 2.89. The van der Waals surface area contributed by atoms with Crippen LogP contribution >= 0.6 is 11.3 Å². The van der Waals surface area contributed by atoms with Crippen LogP contribution in [-0.4, -0.2) is 4.98 Å². The smallest absolute Gasteiger partial charge is 0.0799 e. The average molecular weight is 238 g/mol. The first kappa shape index (κ1) is 12.1. The van der Waals surface area contributed by atoms with Crippen LogP contribution in [0.1, 0.15) is 69.6 Å². The molecule has 1 N–H and O–H groups in total. The SMILES string of the molecule is CCC1NC(C(C)(CC)CC)c2scnc21. The van der Waals surface area contributed by atoms with Crippen LogP contribution in [-0.2, 0) is 0 Å². The molecule has 2 atom stereocenters. The van der Waals surface area contributed by atoms with Crippen LogP contribution < -0.4 is 5.32 Å². The van der Waals surface area contributed by atoms with E-state index < -0.39 is 0 Å². The zero-order valence-electron chi connectivity index (χ0n) is 10.7. The van der Waals surface area contributed by atoms with Crippen LogP contribution in [0.2, 0.25) is 0 Å². The summed E-state index contributed by atoms with van der Waals surface area (Å²) in [5.41, 5.74) is 3.68. The Morgan fingerprint density at radius 3 is 2.62 bits per heavy atom. The molecule has 1 aliphatic heterocycles. The summed E-state index contributed by atoms with van der Waals surface area (Å²) in [6.45, 7) is 9.22. The molecule has 16 heavy (non-hydrogen) atoms. The van der Waals surface area contributed by atoms with Gasteiger partial charge in [-0.2, -0.15) is 0 Å². The number of hydrogen-bond acceptors (Lipinski definition) is 3. The zero-order valence-corrected chi connectivity index (χ0v) is 11.5. The summed E-state index contributed by atoms with van der Waals surface area (Å²) in [6.07, 6.45) is 3.57. The molecule has 0 bridgehead atoms. The molecule has 2 heterocycles.